The van der Waals surface area contributed by atoms with Gasteiger partial charge in [-0.3, -0.25) is 10.1 Å². The van der Waals surface area contributed by atoms with Gasteiger partial charge in [0, 0.05) is 3.57 Å². The Bertz CT molecular complexity index is 958. The van der Waals surface area contributed by atoms with E-state index < -0.39 is 0 Å². The summed E-state index contributed by atoms with van der Waals surface area (Å²) in [5.41, 5.74) is 1.96. The highest BCUT2D eigenvalue weighted by molar-refractivity contribution is 14.1. The zero-order valence-electron chi connectivity index (χ0n) is 13.5. The lowest BCUT2D eigenvalue weighted by molar-refractivity contribution is -0.117. The van der Waals surface area contributed by atoms with E-state index in [2.05, 4.69) is 38.0 Å². The van der Waals surface area contributed by atoms with Gasteiger partial charge in [-0.25, -0.2) is 4.68 Å². The van der Waals surface area contributed by atoms with Gasteiger partial charge in [-0.05, 0) is 58.0 Å². The van der Waals surface area contributed by atoms with Gasteiger partial charge in [0.05, 0.1) is 17.5 Å². The van der Waals surface area contributed by atoms with Crippen LogP contribution in [0.25, 0.3) is 0 Å². The van der Waals surface area contributed by atoms with Crippen molar-refractivity contribution in [3.05, 3.63) is 68.5 Å². The molecular formula is C18H14ClIN4O2. The lowest BCUT2D eigenvalue weighted by Gasteiger charge is -2.24. The Morgan fingerprint density at radius 1 is 1.27 bits per heavy atom. The molecular weight excluding hydrogens is 467 g/mol. The zero-order valence-corrected chi connectivity index (χ0v) is 16.4. The lowest BCUT2D eigenvalue weighted by atomic mass is 10.0. The van der Waals surface area contributed by atoms with E-state index >= 15 is 0 Å². The van der Waals surface area contributed by atoms with Crippen molar-refractivity contribution in [2.24, 2.45) is 0 Å². The summed E-state index contributed by atoms with van der Waals surface area (Å²) < 4.78 is 8.70. The Hall–Kier alpha value is -2.13. The van der Waals surface area contributed by atoms with Gasteiger partial charge in [0.2, 0.25) is 11.9 Å². The molecule has 0 saturated heterocycles. The fraction of sp³-hybridized carbons (Fsp3) is 0.167. The number of nitrogens with zero attached hydrogens (tertiary/aromatic N) is 3. The number of anilines is 1. The van der Waals surface area contributed by atoms with Crippen LogP contribution in [0.3, 0.4) is 0 Å². The number of benzene rings is 2. The van der Waals surface area contributed by atoms with E-state index in [0.29, 0.717) is 23.3 Å². The van der Waals surface area contributed by atoms with Gasteiger partial charge in [-0.1, -0.05) is 29.8 Å². The SMILES string of the molecule is O=C1C[C@@H](c2ccc(OCc3ccc(I)cc3)c(Cl)c2)n2ncnc2N1. The minimum atomic E-state index is -0.232. The van der Waals surface area contributed by atoms with Gasteiger partial charge in [0.1, 0.15) is 18.7 Å². The molecule has 0 fully saturated rings. The van der Waals surface area contributed by atoms with E-state index in [4.69, 9.17) is 16.3 Å². The lowest BCUT2D eigenvalue weighted by Crippen LogP contribution is -2.29. The van der Waals surface area contributed by atoms with Crippen molar-refractivity contribution in [1.29, 1.82) is 0 Å². The molecule has 8 heteroatoms. The summed E-state index contributed by atoms with van der Waals surface area (Å²) in [6.07, 6.45) is 1.71. The van der Waals surface area contributed by atoms with E-state index in [9.17, 15) is 4.79 Å². The summed E-state index contributed by atoms with van der Waals surface area (Å²) in [7, 11) is 0. The first-order chi connectivity index (χ1) is 12.6. The number of nitrogens with one attached hydrogen (secondary N) is 1. The summed E-state index contributed by atoms with van der Waals surface area (Å²) >= 11 is 8.67. The normalized spacial score (nSPS) is 16.1. The van der Waals surface area contributed by atoms with Gasteiger partial charge in [0.25, 0.3) is 0 Å². The summed E-state index contributed by atoms with van der Waals surface area (Å²) in [6.45, 7) is 0.440. The number of carbonyl (C=O) groups is 1. The minimum Gasteiger partial charge on any atom is -0.487 e. The maximum absolute atomic E-state index is 11.9. The Kier molecular flexibility index (Phi) is 4.82. The maximum Gasteiger partial charge on any atom is 0.229 e. The van der Waals surface area contributed by atoms with Crippen molar-refractivity contribution in [3.8, 4) is 5.75 Å². The Labute approximate surface area is 168 Å². The molecule has 1 amide bonds. The van der Waals surface area contributed by atoms with Gasteiger partial charge >= 0.3 is 0 Å². The third-order valence-corrected chi connectivity index (χ3v) is 5.16. The number of hydrogen-bond donors (Lipinski definition) is 1. The van der Waals surface area contributed by atoms with Crippen LogP contribution in [0.4, 0.5) is 5.95 Å². The van der Waals surface area contributed by atoms with Crippen LogP contribution in [0, 0.1) is 3.57 Å². The monoisotopic (exact) mass is 480 g/mol. The Morgan fingerprint density at radius 3 is 2.85 bits per heavy atom. The van der Waals surface area contributed by atoms with E-state index in [1.807, 2.05) is 42.5 Å². The topological polar surface area (TPSA) is 69.0 Å². The molecule has 0 spiro atoms. The molecule has 4 rings (SSSR count). The Morgan fingerprint density at radius 2 is 2.08 bits per heavy atom. The van der Waals surface area contributed by atoms with Gasteiger partial charge in [-0.15, -0.1) is 0 Å². The number of hydrogen-bond acceptors (Lipinski definition) is 4. The number of amides is 1. The van der Waals surface area contributed by atoms with E-state index in [1.165, 1.54) is 9.90 Å². The molecule has 0 aliphatic carbocycles. The molecule has 1 aliphatic rings. The molecule has 0 bridgehead atoms. The molecule has 0 radical (unpaired) electrons. The van der Waals surface area contributed by atoms with Crippen LogP contribution in [0.5, 0.6) is 5.75 Å². The predicted molar refractivity (Wildman–Crippen MR) is 106 cm³/mol. The number of halogens is 2. The van der Waals surface area contributed by atoms with Crippen molar-refractivity contribution in [2.75, 3.05) is 5.32 Å². The third kappa shape index (κ3) is 3.54. The van der Waals surface area contributed by atoms with Crippen molar-refractivity contribution < 1.29 is 9.53 Å². The van der Waals surface area contributed by atoms with Gasteiger partial charge in [0.15, 0.2) is 0 Å². The first kappa shape index (κ1) is 17.3. The number of ether oxygens (including phenoxy) is 1. The van der Waals surface area contributed by atoms with E-state index in [-0.39, 0.29) is 18.4 Å². The summed E-state index contributed by atoms with van der Waals surface area (Å²) in [5.74, 6) is 0.958. The second kappa shape index (κ2) is 7.24. The van der Waals surface area contributed by atoms with Crippen molar-refractivity contribution in [3.63, 3.8) is 0 Å². The predicted octanol–water partition coefficient (Wildman–Crippen LogP) is 4.05. The molecule has 0 saturated carbocycles. The van der Waals surface area contributed by atoms with Crippen LogP contribution in [0.2, 0.25) is 5.02 Å². The molecule has 2 heterocycles. The molecule has 1 atom stereocenters. The Balaban J connectivity index is 1.53. The third-order valence-electron chi connectivity index (χ3n) is 4.15. The van der Waals surface area contributed by atoms with Crippen LogP contribution in [-0.4, -0.2) is 20.7 Å². The largest absolute Gasteiger partial charge is 0.487 e. The summed E-state index contributed by atoms with van der Waals surface area (Å²) in [4.78, 5) is 15.9. The second-order valence-corrected chi connectivity index (χ2v) is 7.55. The number of carbonyl (C=O) groups excluding carboxylic acids is 1. The molecule has 2 aromatic carbocycles. The van der Waals surface area contributed by atoms with Crippen LogP contribution < -0.4 is 10.1 Å². The molecule has 6 nitrogen and oxygen atoms in total. The van der Waals surface area contributed by atoms with Crippen LogP contribution in [-0.2, 0) is 11.4 Å². The fourth-order valence-corrected chi connectivity index (χ4v) is 3.45. The molecule has 1 aromatic heterocycles. The summed E-state index contributed by atoms with van der Waals surface area (Å²) in [5, 5.41) is 7.40. The van der Waals surface area contributed by atoms with Gasteiger partial charge < -0.3 is 4.74 Å². The fourth-order valence-electron chi connectivity index (χ4n) is 2.85. The standard InChI is InChI=1S/C18H14ClIN4O2/c19-14-7-12(15-8-17(25)23-18-21-10-22-24(15)18)3-6-16(14)26-9-11-1-4-13(20)5-2-11/h1-7,10,15H,8-9H2,(H,21,22,23,25)/t15-/m0/s1. The highest BCUT2D eigenvalue weighted by atomic mass is 127. The number of aromatic nitrogens is 3. The maximum atomic E-state index is 11.9. The van der Waals surface area contributed by atoms with Crippen molar-refractivity contribution >= 4 is 46.0 Å². The van der Waals surface area contributed by atoms with Crippen LogP contribution >= 0.6 is 34.2 Å². The number of rotatable bonds is 4. The smallest absolute Gasteiger partial charge is 0.229 e. The molecule has 26 heavy (non-hydrogen) atoms. The molecule has 3 aromatic rings. The first-order valence-electron chi connectivity index (χ1n) is 7.96. The quantitative estimate of drug-likeness (QED) is 0.572. The molecule has 1 N–H and O–H groups in total. The number of fused-ring (bicyclic) bond motifs is 1. The highest BCUT2D eigenvalue weighted by Crippen LogP contribution is 2.33. The molecule has 1 aliphatic heterocycles. The minimum absolute atomic E-state index is 0.0920. The van der Waals surface area contributed by atoms with E-state index in [0.717, 1.165) is 11.1 Å². The highest BCUT2D eigenvalue weighted by Gasteiger charge is 2.28. The van der Waals surface area contributed by atoms with Gasteiger partial charge in [-0.2, -0.15) is 10.1 Å². The summed E-state index contributed by atoms with van der Waals surface area (Å²) in [6, 6.07) is 13.4. The second-order valence-electron chi connectivity index (χ2n) is 5.90. The molecule has 0 unspecified atom stereocenters. The zero-order chi connectivity index (χ0) is 18.1. The van der Waals surface area contributed by atoms with E-state index in [1.54, 1.807) is 4.68 Å². The van der Waals surface area contributed by atoms with Crippen LogP contribution in [0.1, 0.15) is 23.6 Å². The molecule has 132 valence electrons. The first-order valence-corrected chi connectivity index (χ1v) is 9.42. The van der Waals surface area contributed by atoms with Crippen LogP contribution in [0.15, 0.2) is 48.8 Å². The average molecular weight is 481 g/mol. The van der Waals surface area contributed by atoms with Crippen molar-refractivity contribution in [2.45, 2.75) is 19.1 Å². The van der Waals surface area contributed by atoms with Crippen molar-refractivity contribution in [1.82, 2.24) is 14.8 Å². The average Bonchev–Trinajstić information content (AvgIpc) is 3.09.